The van der Waals surface area contributed by atoms with Crippen molar-refractivity contribution in [2.24, 2.45) is 0 Å². The number of amides is 1. The molecule has 1 amide bonds. The molecule has 6 heteroatoms. The zero-order valence-electron chi connectivity index (χ0n) is 15.6. The minimum absolute atomic E-state index is 0.0365. The van der Waals surface area contributed by atoms with Crippen LogP contribution in [0.5, 0.6) is 0 Å². The number of benzene rings is 1. The number of aromatic nitrogens is 2. The van der Waals surface area contributed by atoms with Crippen LogP contribution in [-0.4, -0.2) is 22.5 Å². The number of nitrogens with zero attached hydrogens (tertiary/aromatic N) is 2. The van der Waals surface area contributed by atoms with Crippen LogP contribution in [0.2, 0.25) is 0 Å². The molecule has 2 heterocycles. The molecule has 0 radical (unpaired) electrons. The topological polar surface area (TPSA) is 64.1 Å². The second-order valence-corrected chi connectivity index (χ2v) is 7.26. The van der Waals surface area contributed by atoms with Gasteiger partial charge in [-0.3, -0.25) is 9.78 Å². The van der Waals surface area contributed by atoms with Crippen LogP contribution in [0, 0.1) is 6.92 Å². The summed E-state index contributed by atoms with van der Waals surface area (Å²) in [7, 11) is 0. The number of ether oxygens (including phenoxy) is 1. The summed E-state index contributed by atoms with van der Waals surface area (Å²) in [5.74, 6) is -0.122. The normalized spacial score (nSPS) is 10.7. The van der Waals surface area contributed by atoms with E-state index in [-0.39, 0.29) is 12.5 Å². The molecule has 0 saturated carbocycles. The van der Waals surface area contributed by atoms with Crippen molar-refractivity contribution in [3.63, 3.8) is 0 Å². The van der Waals surface area contributed by atoms with Gasteiger partial charge in [0, 0.05) is 24.0 Å². The Balaban J connectivity index is 1.51. The Hall–Kier alpha value is -2.57. The number of carbonyl (C=O) groups is 1. The molecule has 0 fully saturated rings. The number of hydrogen-bond acceptors (Lipinski definition) is 5. The second-order valence-electron chi connectivity index (χ2n) is 6.17. The van der Waals surface area contributed by atoms with Gasteiger partial charge in [0.05, 0.1) is 17.2 Å². The van der Waals surface area contributed by atoms with Crippen molar-refractivity contribution in [1.82, 2.24) is 15.3 Å². The van der Waals surface area contributed by atoms with Gasteiger partial charge in [0.15, 0.2) is 0 Å². The van der Waals surface area contributed by atoms with Crippen LogP contribution in [0.3, 0.4) is 0 Å². The van der Waals surface area contributed by atoms with Crippen molar-refractivity contribution in [3.8, 4) is 10.6 Å². The van der Waals surface area contributed by atoms with E-state index in [1.54, 1.807) is 11.3 Å². The van der Waals surface area contributed by atoms with Crippen molar-refractivity contribution >= 4 is 17.2 Å². The molecule has 140 valence electrons. The minimum atomic E-state index is -0.122. The number of thiazole rings is 1. The fourth-order valence-corrected chi connectivity index (χ4v) is 3.57. The van der Waals surface area contributed by atoms with E-state index < -0.39 is 0 Å². The van der Waals surface area contributed by atoms with Gasteiger partial charge in [-0.05, 0) is 31.0 Å². The molecule has 1 N–H and O–H groups in total. The van der Waals surface area contributed by atoms with E-state index in [9.17, 15) is 4.79 Å². The predicted octanol–water partition coefficient (Wildman–Crippen LogP) is 3.91. The largest absolute Gasteiger partial charge is 0.366 e. The molecule has 0 aliphatic heterocycles. The van der Waals surface area contributed by atoms with E-state index >= 15 is 0 Å². The Labute approximate surface area is 163 Å². The molecule has 0 spiro atoms. The van der Waals surface area contributed by atoms with Crippen LogP contribution < -0.4 is 5.32 Å². The average molecular weight is 382 g/mol. The van der Waals surface area contributed by atoms with Crippen molar-refractivity contribution in [1.29, 1.82) is 0 Å². The fourth-order valence-electron chi connectivity index (χ4n) is 2.57. The van der Waals surface area contributed by atoms with Crippen LogP contribution in [-0.2, 0) is 29.1 Å². The van der Waals surface area contributed by atoms with Gasteiger partial charge >= 0.3 is 0 Å². The first kappa shape index (κ1) is 19.2. The lowest BCUT2D eigenvalue weighted by Crippen LogP contribution is -2.27. The molecule has 0 aliphatic carbocycles. The molecule has 0 atom stereocenters. The number of carbonyl (C=O) groups excluding carboxylic acids is 1. The summed E-state index contributed by atoms with van der Waals surface area (Å²) in [4.78, 5) is 21.9. The van der Waals surface area contributed by atoms with Crippen LogP contribution in [0.4, 0.5) is 0 Å². The van der Waals surface area contributed by atoms with E-state index in [2.05, 4.69) is 28.3 Å². The van der Waals surface area contributed by atoms with Crippen LogP contribution in [0.15, 0.2) is 48.7 Å². The summed E-state index contributed by atoms with van der Waals surface area (Å²) < 4.78 is 5.59. The maximum absolute atomic E-state index is 11.9. The molecule has 0 unspecified atom stereocenters. The number of hydrogen-bond donors (Lipinski definition) is 1. The van der Waals surface area contributed by atoms with E-state index in [1.807, 2.05) is 49.5 Å². The van der Waals surface area contributed by atoms with E-state index in [0.717, 1.165) is 38.8 Å². The van der Waals surface area contributed by atoms with Gasteiger partial charge in [-0.2, -0.15) is 0 Å². The zero-order valence-corrected chi connectivity index (χ0v) is 16.4. The summed E-state index contributed by atoms with van der Waals surface area (Å²) in [5, 5.41) is 3.82. The van der Waals surface area contributed by atoms with Gasteiger partial charge in [0.25, 0.3) is 0 Å². The molecule has 2 aromatic heterocycles. The summed E-state index contributed by atoms with van der Waals surface area (Å²) in [5.41, 5.74) is 4.13. The Kier molecular flexibility index (Phi) is 6.68. The van der Waals surface area contributed by atoms with Crippen molar-refractivity contribution in [2.75, 3.05) is 6.61 Å². The van der Waals surface area contributed by atoms with E-state index in [4.69, 9.17) is 4.74 Å². The Morgan fingerprint density at radius 2 is 2.04 bits per heavy atom. The van der Waals surface area contributed by atoms with Crippen molar-refractivity contribution < 1.29 is 9.53 Å². The molecular weight excluding hydrogens is 358 g/mol. The molecule has 1 aromatic carbocycles. The zero-order chi connectivity index (χ0) is 19.1. The summed E-state index contributed by atoms with van der Waals surface area (Å²) in [6, 6.07) is 13.9. The number of nitrogens with one attached hydrogen (secondary N) is 1. The highest BCUT2D eigenvalue weighted by atomic mass is 32.1. The highest BCUT2D eigenvalue weighted by molar-refractivity contribution is 7.15. The molecule has 3 aromatic rings. The molecule has 0 aliphatic rings. The standard InChI is InChI=1S/C21H23N3O2S/c1-3-18-11-17(9-10-22-18)21-24-15(2)19(27-21)13-26-14-20(25)23-12-16-7-5-4-6-8-16/h4-11H,3,12-14H2,1-2H3,(H,23,25). The number of aryl methyl sites for hydroxylation is 2. The van der Waals surface area contributed by atoms with Crippen molar-refractivity contribution in [3.05, 3.63) is 70.5 Å². The first-order valence-corrected chi connectivity index (χ1v) is 9.77. The Morgan fingerprint density at radius 1 is 1.22 bits per heavy atom. The lowest BCUT2D eigenvalue weighted by atomic mass is 10.2. The van der Waals surface area contributed by atoms with Gasteiger partial charge in [0.1, 0.15) is 11.6 Å². The molecule has 5 nitrogen and oxygen atoms in total. The molecular formula is C21H23N3O2S. The summed E-state index contributed by atoms with van der Waals surface area (Å²) in [6.07, 6.45) is 2.71. The maximum atomic E-state index is 11.9. The van der Waals surface area contributed by atoms with E-state index in [0.29, 0.717) is 13.2 Å². The van der Waals surface area contributed by atoms with E-state index in [1.165, 1.54) is 0 Å². The third kappa shape index (κ3) is 5.45. The number of rotatable bonds is 8. The smallest absolute Gasteiger partial charge is 0.246 e. The fraction of sp³-hybridized carbons (Fsp3) is 0.286. The predicted molar refractivity (Wildman–Crippen MR) is 107 cm³/mol. The highest BCUT2D eigenvalue weighted by Gasteiger charge is 2.11. The van der Waals surface area contributed by atoms with Crippen molar-refractivity contribution in [2.45, 2.75) is 33.4 Å². The third-order valence-corrected chi connectivity index (χ3v) is 5.30. The summed E-state index contributed by atoms with van der Waals surface area (Å²) >= 11 is 1.60. The lowest BCUT2D eigenvalue weighted by molar-refractivity contribution is -0.126. The van der Waals surface area contributed by atoms with Gasteiger partial charge in [-0.15, -0.1) is 11.3 Å². The second kappa shape index (κ2) is 9.39. The highest BCUT2D eigenvalue weighted by Crippen LogP contribution is 2.28. The minimum Gasteiger partial charge on any atom is -0.366 e. The molecule has 27 heavy (non-hydrogen) atoms. The first-order chi connectivity index (χ1) is 13.2. The van der Waals surface area contributed by atoms with Gasteiger partial charge in [-0.25, -0.2) is 4.98 Å². The van der Waals surface area contributed by atoms with Gasteiger partial charge in [-0.1, -0.05) is 37.3 Å². The molecule has 0 saturated heterocycles. The van der Waals surface area contributed by atoms with Crippen LogP contribution in [0.25, 0.3) is 10.6 Å². The maximum Gasteiger partial charge on any atom is 0.246 e. The first-order valence-electron chi connectivity index (χ1n) is 8.95. The molecule has 3 rings (SSSR count). The number of pyridine rings is 1. The van der Waals surface area contributed by atoms with Crippen LogP contribution >= 0.6 is 11.3 Å². The van der Waals surface area contributed by atoms with Gasteiger partial charge in [0.2, 0.25) is 5.91 Å². The Bertz CT molecular complexity index is 893. The lowest BCUT2D eigenvalue weighted by Gasteiger charge is -2.06. The average Bonchev–Trinajstić information content (AvgIpc) is 3.08. The molecule has 0 bridgehead atoms. The Morgan fingerprint density at radius 3 is 2.81 bits per heavy atom. The SMILES string of the molecule is CCc1cc(-c2nc(C)c(COCC(=O)NCc3ccccc3)s2)ccn1. The third-order valence-electron chi connectivity index (χ3n) is 4.12. The monoisotopic (exact) mass is 381 g/mol. The summed E-state index contributed by atoms with van der Waals surface area (Å²) in [6.45, 7) is 4.98. The quantitative estimate of drug-likeness (QED) is 0.643. The van der Waals surface area contributed by atoms with Crippen LogP contribution in [0.1, 0.15) is 28.8 Å². The van der Waals surface area contributed by atoms with Gasteiger partial charge < -0.3 is 10.1 Å².